The summed E-state index contributed by atoms with van der Waals surface area (Å²) < 4.78 is 14.4. The fraction of sp³-hybridized carbons (Fsp3) is 0.364. The van der Waals surface area contributed by atoms with E-state index >= 15 is 0 Å². The van der Waals surface area contributed by atoms with Crippen LogP contribution in [0.5, 0.6) is 0 Å². The predicted molar refractivity (Wildman–Crippen MR) is 115 cm³/mol. The average molecular weight is 427 g/mol. The molecule has 2 aromatic carbocycles. The maximum atomic E-state index is 12.2. The summed E-state index contributed by atoms with van der Waals surface area (Å²) in [5, 5.41) is 4.66. The molecular weight excluding hydrogens is 404 g/mol. The van der Waals surface area contributed by atoms with E-state index in [4.69, 9.17) is 21.1 Å². The smallest absolute Gasteiger partial charge is 0.350 e. The van der Waals surface area contributed by atoms with Crippen molar-refractivity contribution in [1.29, 1.82) is 0 Å². The summed E-state index contributed by atoms with van der Waals surface area (Å²) >= 11 is 6.47. The molecule has 0 bridgehead atoms. The molecule has 0 unspecified atom stereocenters. The highest BCUT2D eigenvalue weighted by Gasteiger charge is 2.39. The Labute approximate surface area is 179 Å². The molecule has 2 fully saturated rings. The van der Waals surface area contributed by atoms with Crippen LogP contribution in [0.4, 0.5) is 5.69 Å². The van der Waals surface area contributed by atoms with Crippen LogP contribution in [0.1, 0.15) is 12.8 Å². The van der Waals surface area contributed by atoms with Crippen LogP contribution in [0.3, 0.4) is 0 Å². The van der Waals surface area contributed by atoms with Crippen molar-refractivity contribution in [3.8, 4) is 16.8 Å². The molecule has 3 heterocycles. The molecule has 5 rings (SSSR count). The SMILES string of the molecule is Cn1ncn(-c2ccc(Cl)c(-c3ccc(N4CCC5(CC4)OCCO5)cc3)c2)c1=O. The minimum atomic E-state index is -0.366. The normalized spacial score (nSPS) is 18.3. The molecule has 3 aromatic rings. The molecule has 0 N–H and O–H groups in total. The van der Waals surface area contributed by atoms with E-state index in [0.717, 1.165) is 42.7 Å². The second kappa shape index (κ2) is 7.58. The molecule has 156 valence electrons. The zero-order valence-corrected chi connectivity index (χ0v) is 17.5. The molecule has 2 aliphatic rings. The van der Waals surface area contributed by atoms with Crippen molar-refractivity contribution >= 4 is 17.3 Å². The largest absolute Gasteiger partial charge is 0.371 e. The number of piperidine rings is 1. The summed E-state index contributed by atoms with van der Waals surface area (Å²) in [6, 6.07) is 13.9. The van der Waals surface area contributed by atoms with Crippen molar-refractivity contribution in [1.82, 2.24) is 14.3 Å². The summed E-state index contributed by atoms with van der Waals surface area (Å²) in [4.78, 5) is 14.6. The van der Waals surface area contributed by atoms with Crippen LogP contribution >= 0.6 is 11.6 Å². The molecular formula is C22H23ClN4O3. The fourth-order valence-electron chi connectivity index (χ4n) is 4.19. The van der Waals surface area contributed by atoms with Gasteiger partial charge in [-0.25, -0.2) is 14.0 Å². The van der Waals surface area contributed by atoms with Crippen LogP contribution in [-0.4, -0.2) is 46.4 Å². The molecule has 0 amide bonds. The first kappa shape index (κ1) is 19.4. The predicted octanol–water partition coefficient (Wildman–Crippen LogP) is 3.23. The Balaban J connectivity index is 1.37. The van der Waals surface area contributed by atoms with Gasteiger partial charge in [0.05, 0.1) is 18.9 Å². The number of nitrogens with zero attached hydrogens (tertiary/aromatic N) is 4. The highest BCUT2D eigenvalue weighted by atomic mass is 35.5. The van der Waals surface area contributed by atoms with Gasteiger partial charge in [-0.1, -0.05) is 23.7 Å². The van der Waals surface area contributed by atoms with E-state index in [1.54, 1.807) is 7.05 Å². The first-order chi connectivity index (χ1) is 14.5. The van der Waals surface area contributed by atoms with Crippen LogP contribution in [0.25, 0.3) is 16.8 Å². The molecule has 2 saturated heterocycles. The Morgan fingerprint density at radius 3 is 2.30 bits per heavy atom. The van der Waals surface area contributed by atoms with Crippen LogP contribution in [-0.2, 0) is 16.5 Å². The summed E-state index contributed by atoms with van der Waals surface area (Å²) in [5.74, 6) is -0.366. The van der Waals surface area contributed by atoms with Gasteiger partial charge in [0.1, 0.15) is 6.33 Å². The van der Waals surface area contributed by atoms with Gasteiger partial charge in [0.2, 0.25) is 0 Å². The standard InChI is InChI=1S/C22H23ClN4O3/c1-25-21(28)27(15-24-25)18-6-7-20(23)19(14-18)16-2-4-17(5-3-16)26-10-8-22(9-11-26)29-12-13-30-22/h2-7,14-15H,8-13H2,1H3. The molecule has 1 spiro atoms. The summed E-state index contributed by atoms with van der Waals surface area (Å²) in [6.07, 6.45) is 3.27. The molecule has 1 aromatic heterocycles. The lowest BCUT2D eigenvalue weighted by molar-refractivity contribution is -0.169. The van der Waals surface area contributed by atoms with Crippen LogP contribution in [0.15, 0.2) is 53.6 Å². The summed E-state index contributed by atoms with van der Waals surface area (Å²) in [7, 11) is 1.63. The second-order valence-electron chi connectivity index (χ2n) is 7.71. The number of anilines is 1. The second-order valence-corrected chi connectivity index (χ2v) is 8.12. The number of hydrogen-bond donors (Lipinski definition) is 0. The Morgan fingerprint density at radius 1 is 1.00 bits per heavy atom. The molecule has 0 saturated carbocycles. The topological polar surface area (TPSA) is 61.5 Å². The van der Waals surface area contributed by atoms with E-state index in [-0.39, 0.29) is 11.5 Å². The van der Waals surface area contributed by atoms with Gasteiger partial charge >= 0.3 is 5.69 Å². The van der Waals surface area contributed by atoms with E-state index in [9.17, 15) is 4.79 Å². The number of hydrogen-bond acceptors (Lipinski definition) is 5. The Kier molecular flexibility index (Phi) is 4.89. The van der Waals surface area contributed by atoms with Crippen LogP contribution in [0.2, 0.25) is 5.02 Å². The lowest BCUT2D eigenvalue weighted by Crippen LogP contribution is -2.45. The Bertz CT molecular complexity index is 1110. The van der Waals surface area contributed by atoms with Gasteiger partial charge in [-0.2, -0.15) is 5.10 Å². The van der Waals surface area contributed by atoms with Gasteiger partial charge in [0.25, 0.3) is 0 Å². The lowest BCUT2D eigenvalue weighted by atomic mass is 10.0. The molecule has 0 aliphatic carbocycles. The Hall–Kier alpha value is -2.61. The van der Waals surface area contributed by atoms with Crippen molar-refractivity contribution < 1.29 is 9.47 Å². The monoisotopic (exact) mass is 426 g/mol. The third kappa shape index (κ3) is 3.43. The maximum Gasteiger partial charge on any atom is 0.350 e. The summed E-state index contributed by atoms with van der Waals surface area (Å²) in [5.41, 5.74) is 3.58. The minimum absolute atomic E-state index is 0.197. The van der Waals surface area contributed by atoms with Crippen molar-refractivity contribution in [3.63, 3.8) is 0 Å². The fourth-order valence-corrected chi connectivity index (χ4v) is 4.41. The zero-order chi connectivity index (χ0) is 20.7. The van der Waals surface area contributed by atoms with Gasteiger partial charge in [-0.05, 0) is 35.9 Å². The van der Waals surface area contributed by atoms with Gasteiger partial charge in [-0.3, -0.25) is 0 Å². The van der Waals surface area contributed by atoms with Crippen molar-refractivity contribution in [3.05, 3.63) is 64.3 Å². The molecule has 7 nitrogen and oxygen atoms in total. The number of rotatable bonds is 3. The quantitative estimate of drug-likeness (QED) is 0.643. The first-order valence-electron chi connectivity index (χ1n) is 10.1. The van der Waals surface area contributed by atoms with Gasteiger partial charge < -0.3 is 14.4 Å². The number of aryl methyl sites for hydroxylation is 1. The molecule has 8 heteroatoms. The third-order valence-electron chi connectivity index (χ3n) is 5.93. The highest BCUT2D eigenvalue weighted by molar-refractivity contribution is 6.33. The van der Waals surface area contributed by atoms with Crippen LogP contribution < -0.4 is 10.6 Å². The third-order valence-corrected chi connectivity index (χ3v) is 6.26. The van der Waals surface area contributed by atoms with Crippen LogP contribution in [0, 0.1) is 0 Å². The number of halogens is 1. The minimum Gasteiger partial charge on any atom is -0.371 e. The van der Waals surface area contributed by atoms with E-state index in [1.807, 2.05) is 18.2 Å². The number of aromatic nitrogens is 3. The molecule has 30 heavy (non-hydrogen) atoms. The maximum absolute atomic E-state index is 12.2. The average Bonchev–Trinajstić information content (AvgIpc) is 3.36. The van der Waals surface area contributed by atoms with Crippen molar-refractivity contribution in [2.24, 2.45) is 7.05 Å². The van der Waals surface area contributed by atoms with Gasteiger partial charge in [-0.15, -0.1) is 0 Å². The lowest BCUT2D eigenvalue weighted by Gasteiger charge is -2.38. The van der Waals surface area contributed by atoms with Gasteiger partial charge in [0, 0.05) is 49.3 Å². The summed E-state index contributed by atoms with van der Waals surface area (Å²) in [6.45, 7) is 3.19. The molecule has 0 radical (unpaired) electrons. The zero-order valence-electron chi connectivity index (χ0n) is 16.8. The molecule has 0 atom stereocenters. The van der Waals surface area contributed by atoms with E-state index in [1.165, 1.54) is 21.3 Å². The van der Waals surface area contributed by atoms with E-state index in [2.05, 4.69) is 34.3 Å². The Morgan fingerprint density at radius 2 is 1.67 bits per heavy atom. The van der Waals surface area contributed by atoms with Crippen molar-refractivity contribution in [2.75, 3.05) is 31.2 Å². The highest BCUT2D eigenvalue weighted by Crippen LogP contribution is 2.35. The number of benzene rings is 2. The van der Waals surface area contributed by atoms with E-state index in [0.29, 0.717) is 18.2 Å². The van der Waals surface area contributed by atoms with E-state index < -0.39 is 0 Å². The van der Waals surface area contributed by atoms with Gasteiger partial charge in [0.15, 0.2) is 5.79 Å². The number of ether oxygens (including phenoxy) is 2. The molecule has 2 aliphatic heterocycles. The van der Waals surface area contributed by atoms with Crippen molar-refractivity contribution in [2.45, 2.75) is 18.6 Å². The first-order valence-corrected chi connectivity index (χ1v) is 10.5.